The summed E-state index contributed by atoms with van der Waals surface area (Å²) in [5.74, 6) is 0. The Bertz CT molecular complexity index is 1180. The van der Waals surface area contributed by atoms with Crippen LogP contribution in [0.25, 0.3) is 43.5 Å². The first-order valence-electron chi connectivity index (χ1n) is 7.07. The quantitative estimate of drug-likeness (QED) is 0.334. The molecule has 0 atom stereocenters. The second-order valence-corrected chi connectivity index (χ2v) is 5.87. The highest BCUT2D eigenvalue weighted by atomic mass is 35.5. The van der Waals surface area contributed by atoms with Crippen LogP contribution in [-0.2, 0) is 0 Å². The normalized spacial score (nSPS) is 11.5. The van der Waals surface area contributed by atoms with Gasteiger partial charge in [0.25, 0.3) is 0 Å². The predicted octanol–water partition coefficient (Wildman–Crippen LogP) is 6.15. The first-order valence-corrected chi connectivity index (χ1v) is 7.45. The Labute approximate surface area is 131 Å². The van der Waals surface area contributed by atoms with Gasteiger partial charge in [0.15, 0.2) is 0 Å². The molecule has 0 fully saturated rings. The summed E-state index contributed by atoms with van der Waals surface area (Å²) in [6, 6.07) is 24.6. The van der Waals surface area contributed by atoms with Crippen LogP contribution in [-0.4, -0.2) is 0 Å². The standard InChI is InChI=1S/C20H9ClO/c21-14-7-8-19-18(10-14)17-9-13-6-5-12-3-1-2-4-15(12)16(13)11-20(17)22-19/h1-4,7-11H. The van der Waals surface area contributed by atoms with Crippen molar-refractivity contribution < 1.29 is 4.42 Å². The van der Waals surface area contributed by atoms with Crippen molar-refractivity contribution >= 4 is 55.1 Å². The van der Waals surface area contributed by atoms with Gasteiger partial charge in [-0.05, 0) is 41.8 Å². The highest BCUT2D eigenvalue weighted by molar-refractivity contribution is 6.31. The van der Waals surface area contributed by atoms with Crippen molar-refractivity contribution in [3.63, 3.8) is 0 Å². The Morgan fingerprint density at radius 2 is 1.50 bits per heavy atom. The van der Waals surface area contributed by atoms with Gasteiger partial charge in [-0.25, -0.2) is 0 Å². The number of fused-ring (bicyclic) bond motifs is 6. The molecule has 0 aliphatic heterocycles. The molecule has 22 heavy (non-hydrogen) atoms. The molecule has 1 nitrogen and oxygen atoms in total. The van der Waals surface area contributed by atoms with Crippen molar-refractivity contribution in [1.29, 1.82) is 0 Å². The van der Waals surface area contributed by atoms with Gasteiger partial charge < -0.3 is 4.42 Å². The van der Waals surface area contributed by atoms with Crippen LogP contribution in [0.5, 0.6) is 0 Å². The molecular weight excluding hydrogens is 292 g/mol. The molecule has 0 unspecified atom stereocenters. The second-order valence-electron chi connectivity index (χ2n) is 5.43. The third kappa shape index (κ3) is 1.56. The number of hydrogen-bond donors (Lipinski definition) is 0. The lowest BCUT2D eigenvalue weighted by atomic mass is 10.0. The Kier molecular flexibility index (Phi) is 2.25. The van der Waals surface area contributed by atoms with Gasteiger partial charge in [-0.3, -0.25) is 0 Å². The van der Waals surface area contributed by atoms with E-state index in [4.69, 9.17) is 16.0 Å². The van der Waals surface area contributed by atoms with E-state index in [1.165, 1.54) is 0 Å². The summed E-state index contributed by atoms with van der Waals surface area (Å²) in [5, 5.41) is 7.20. The minimum absolute atomic E-state index is 0.712. The molecule has 102 valence electrons. The summed E-state index contributed by atoms with van der Waals surface area (Å²) in [7, 11) is 0. The molecule has 5 aromatic rings. The Morgan fingerprint density at radius 1 is 0.682 bits per heavy atom. The van der Waals surface area contributed by atoms with Crippen LogP contribution in [0.2, 0.25) is 5.02 Å². The van der Waals surface area contributed by atoms with Gasteiger partial charge in [0.05, 0.1) is 0 Å². The zero-order valence-corrected chi connectivity index (χ0v) is 12.2. The van der Waals surface area contributed by atoms with Crippen molar-refractivity contribution in [3.05, 3.63) is 71.8 Å². The summed E-state index contributed by atoms with van der Waals surface area (Å²) in [4.78, 5) is 0. The van der Waals surface area contributed by atoms with E-state index in [2.05, 4.69) is 30.3 Å². The molecule has 4 aromatic carbocycles. The van der Waals surface area contributed by atoms with Crippen molar-refractivity contribution in [3.8, 4) is 0 Å². The van der Waals surface area contributed by atoms with E-state index < -0.39 is 0 Å². The fourth-order valence-electron chi connectivity index (χ4n) is 3.08. The van der Waals surface area contributed by atoms with Crippen molar-refractivity contribution in [2.75, 3.05) is 0 Å². The Morgan fingerprint density at radius 3 is 2.45 bits per heavy atom. The molecule has 0 amide bonds. The zero-order chi connectivity index (χ0) is 14.7. The van der Waals surface area contributed by atoms with Crippen LogP contribution in [0, 0.1) is 12.1 Å². The second kappa shape index (κ2) is 4.16. The molecular formula is C20H9ClO. The maximum Gasteiger partial charge on any atom is 0.136 e. The average Bonchev–Trinajstić information content (AvgIpc) is 2.90. The molecule has 1 heterocycles. The lowest BCUT2D eigenvalue weighted by molar-refractivity contribution is 0.669. The van der Waals surface area contributed by atoms with E-state index in [0.717, 1.165) is 43.5 Å². The van der Waals surface area contributed by atoms with Crippen molar-refractivity contribution in [2.24, 2.45) is 0 Å². The first kappa shape index (κ1) is 11.9. The molecule has 0 saturated heterocycles. The number of rotatable bonds is 0. The maximum absolute atomic E-state index is 6.12. The summed E-state index contributed by atoms with van der Waals surface area (Å²) >= 11 is 6.12. The first-order chi connectivity index (χ1) is 10.8. The van der Waals surface area contributed by atoms with Crippen molar-refractivity contribution in [1.82, 2.24) is 0 Å². The van der Waals surface area contributed by atoms with Gasteiger partial charge in [-0.1, -0.05) is 41.9 Å². The summed E-state index contributed by atoms with van der Waals surface area (Å²) < 4.78 is 5.98. The highest BCUT2D eigenvalue weighted by Crippen LogP contribution is 2.34. The molecule has 0 aliphatic carbocycles. The lowest BCUT2D eigenvalue weighted by Crippen LogP contribution is -1.76. The van der Waals surface area contributed by atoms with Crippen LogP contribution in [0.1, 0.15) is 0 Å². The SMILES string of the molecule is Clc1ccc2oc3cc4c(c#cc5ccccc54)cc3c2c1. The van der Waals surface area contributed by atoms with Crippen molar-refractivity contribution in [2.45, 2.75) is 0 Å². The number of furan rings is 1. The largest absolute Gasteiger partial charge is 0.456 e. The fourth-order valence-corrected chi connectivity index (χ4v) is 3.25. The molecule has 0 saturated carbocycles. The fraction of sp³-hybridized carbons (Fsp3) is 0. The minimum Gasteiger partial charge on any atom is -0.456 e. The van der Waals surface area contributed by atoms with Crippen LogP contribution < -0.4 is 0 Å². The number of benzene rings is 3. The van der Waals surface area contributed by atoms with Crippen LogP contribution in [0.4, 0.5) is 0 Å². The van der Waals surface area contributed by atoms with E-state index in [1.54, 1.807) is 0 Å². The van der Waals surface area contributed by atoms with E-state index >= 15 is 0 Å². The van der Waals surface area contributed by atoms with Gasteiger partial charge in [-0.15, -0.1) is 0 Å². The number of hydrogen-bond acceptors (Lipinski definition) is 1. The molecule has 0 spiro atoms. The molecule has 5 rings (SSSR count). The number of halogens is 1. The molecule has 0 radical (unpaired) electrons. The van der Waals surface area contributed by atoms with E-state index in [0.29, 0.717) is 5.02 Å². The Hall–Kier alpha value is -2.69. The smallest absolute Gasteiger partial charge is 0.136 e. The molecule has 0 bridgehead atoms. The van der Waals surface area contributed by atoms with Gasteiger partial charge in [0.2, 0.25) is 0 Å². The van der Waals surface area contributed by atoms with Gasteiger partial charge in [0.1, 0.15) is 11.2 Å². The highest BCUT2D eigenvalue weighted by Gasteiger charge is 2.10. The Balaban J connectivity index is 2.01. The summed E-state index contributed by atoms with van der Waals surface area (Å²) in [6.07, 6.45) is 0. The van der Waals surface area contributed by atoms with Crippen LogP contribution in [0.3, 0.4) is 0 Å². The van der Waals surface area contributed by atoms with Crippen LogP contribution >= 0.6 is 11.6 Å². The van der Waals surface area contributed by atoms with Gasteiger partial charge >= 0.3 is 0 Å². The minimum atomic E-state index is 0.712. The van der Waals surface area contributed by atoms with Gasteiger partial charge in [0, 0.05) is 32.0 Å². The summed E-state index contributed by atoms with van der Waals surface area (Å²) in [6.45, 7) is 0. The van der Waals surface area contributed by atoms with E-state index in [-0.39, 0.29) is 0 Å². The summed E-state index contributed by atoms with van der Waals surface area (Å²) in [5.41, 5.74) is 1.72. The third-order valence-corrected chi connectivity index (χ3v) is 4.36. The van der Waals surface area contributed by atoms with Gasteiger partial charge in [-0.2, -0.15) is 0 Å². The average molecular weight is 301 g/mol. The van der Waals surface area contributed by atoms with Crippen LogP contribution in [0.15, 0.2) is 59.0 Å². The lowest BCUT2D eigenvalue weighted by Gasteiger charge is -2.00. The topological polar surface area (TPSA) is 13.1 Å². The van der Waals surface area contributed by atoms with E-state index in [9.17, 15) is 0 Å². The molecule has 0 aliphatic rings. The monoisotopic (exact) mass is 300 g/mol. The molecule has 1 aromatic heterocycles. The third-order valence-electron chi connectivity index (χ3n) is 4.12. The predicted molar refractivity (Wildman–Crippen MR) is 91.4 cm³/mol. The molecule has 0 N–H and O–H groups in total. The maximum atomic E-state index is 6.12. The van der Waals surface area contributed by atoms with E-state index in [1.807, 2.05) is 36.4 Å². The molecule has 2 heteroatoms. The zero-order valence-electron chi connectivity index (χ0n) is 11.5.